The van der Waals surface area contributed by atoms with Crippen molar-refractivity contribution in [3.8, 4) is 0 Å². The van der Waals surface area contributed by atoms with Crippen molar-refractivity contribution in [2.24, 2.45) is 5.92 Å². The van der Waals surface area contributed by atoms with Gasteiger partial charge in [0.05, 0.1) is 0 Å². The van der Waals surface area contributed by atoms with E-state index in [1.807, 2.05) is 57.7 Å². The Balaban J connectivity index is 1.85. The Morgan fingerprint density at radius 1 is 1.10 bits per heavy atom. The minimum Gasteiger partial charge on any atom is -0.444 e. The van der Waals surface area contributed by atoms with Gasteiger partial charge in [-0.3, -0.25) is 9.69 Å². The molecule has 1 aromatic rings. The standard InChI is InChI=1S/C24H37N3O3/c1-19(2)18-21(25-23(29)30-24(3,4)5)22(28)27-16-14-26(15-17-27)13-9-12-20-10-7-6-8-11-20/h6-12,19,21H,13-18H2,1-5H3,(H,25,29). The highest BCUT2D eigenvalue weighted by Gasteiger charge is 2.30. The Morgan fingerprint density at radius 3 is 2.30 bits per heavy atom. The lowest BCUT2D eigenvalue weighted by Gasteiger charge is -2.36. The van der Waals surface area contributed by atoms with Crippen LogP contribution in [0, 0.1) is 5.92 Å². The molecular formula is C24H37N3O3. The van der Waals surface area contributed by atoms with Crippen LogP contribution in [0.1, 0.15) is 46.6 Å². The molecule has 0 aliphatic carbocycles. The van der Waals surface area contributed by atoms with Crippen LogP contribution in [0.15, 0.2) is 36.4 Å². The molecule has 1 aliphatic rings. The summed E-state index contributed by atoms with van der Waals surface area (Å²) in [4.78, 5) is 29.5. The molecule has 2 rings (SSSR count). The number of nitrogens with one attached hydrogen (secondary N) is 1. The molecule has 0 aromatic heterocycles. The number of carbonyl (C=O) groups excluding carboxylic acids is 2. The first kappa shape index (κ1) is 23.9. The number of benzene rings is 1. The van der Waals surface area contributed by atoms with Gasteiger partial charge in [0.1, 0.15) is 11.6 Å². The smallest absolute Gasteiger partial charge is 0.408 e. The Kier molecular flexibility index (Phi) is 8.90. The second-order valence-corrected chi connectivity index (χ2v) is 9.27. The largest absolute Gasteiger partial charge is 0.444 e. The molecule has 6 nitrogen and oxygen atoms in total. The van der Waals surface area contributed by atoms with E-state index in [0.29, 0.717) is 25.4 Å². The molecule has 1 atom stereocenters. The van der Waals surface area contributed by atoms with E-state index < -0.39 is 17.7 Å². The zero-order chi connectivity index (χ0) is 22.1. The van der Waals surface area contributed by atoms with E-state index >= 15 is 0 Å². The summed E-state index contributed by atoms with van der Waals surface area (Å²) >= 11 is 0. The van der Waals surface area contributed by atoms with E-state index in [9.17, 15) is 9.59 Å². The molecule has 6 heteroatoms. The van der Waals surface area contributed by atoms with Crippen molar-refractivity contribution in [1.29, 1.82) is 0 Å². The predicted molar refractivity (Wildman–Crippen MR) is 121 cm³/mol. The van der Waals surface area contributed by atoms with Crippen LogP contribution in [0.3, 0.4) is 0 Å². The highest BCUT2D eigenvalue weighted by Crippen LogP contribution is 2.13. The molecule has 0 saturated carbocycles. The first-order valence-corrected chi connectivity index (χ1v) is 10.9. The van der Waals surface area contributed by atoms with Crippen LogP contribution in [0.25, 0.3) is 6.08 Å². The topological polar surface area (TPSA) is 61.9 Å². The van der Waals surface area contributed by atoms with Crippen LogP contribution in [0.2, 0.25) is 0 Å². The lowest BCUT2D eigenvalue weighted by Crippen LogP contribution is -2.55. The van der Waals surface area contributed by atoms with Crippen molar-refractivity contribution in [3.05, 3.63) is 42.0 Å². The third-order valence-corrected chi connectivity index (χ3v) is 4.85. The lowest BCUT2D eigenvalue weighted by atomic mass is 10.0. The Hall–Kier alpha value is -2.34. The molecule has 0 radical (unpaired) electrons. The van der Waals surface area contributed by atoms with Gasteiger partial charge in [-0.25, -0.2) is 4.79 Å². The van der Waals surface area contributed by atoms with E-state index in [0.717, 1.165) is 19.6 Å². The van der Waals surface area contributed by atoms with Crippen molar-refractivity contribution in [2.45, 2.75) is 52.7 Å². The first-order valence-electron chi connectivity index (χ1n) is 10.9. The molecule has 30 heavy (non-hydrogen) atoms. The second kappa shape index (κ2) is 11.2. The number of ether oxygens (including phenoxy) is 1. The molecule has 0 bridgehead atoms. The summed E-state index contributed by atoms with van der Waals surface area (Å²) in [6, 6.07) is 9.69. The zero-order valence-electron chi connectivity index (χ0n) is 19.1. The summed E-state index contributed by atoms with van der Waals surface area (Å²) in [6.07, 6.45) is 4.35. The zero-order valence-corrected chi connectivity index (χ0v) is 19.1. The average molecular weight is 416 g/mol. The third kappa shape index (κ3) is 8.57. The van der Waals surface area contributed by atoms with E-state index in [1.165, 1.54) is 5.56 Å². The number of amides is 2. The van der Waals surface area contributed by atoms with Gasteiger partial charge in [0.25, 0.3) is 0 Å². The van der Waals surface area contributed by atoms with Gasteiger partial charge < -0.3 is 15.0 Å². The maximum absolute atomic E-state index is 13.1. The molecule has 1 heterocycles. The van der Waals surface area contributed by atoms with Gasteiger partial charge in [-0.2, -0.15) is 0 Å². The maximum Gasteiger partial charge on any atom is 0.408 e. The highest BCUT2D eigenvalue weighted by molar-refractivity contribution is 5.85. The van der Waals surface area contributed by atoms with Gasteiger partial charge in [-0.1, -0.05) is 56.3 Å². The van der Waals surface area contributed by atoms with Gasteiger partial charge in [0, 0.05) is 32.7 Å². The third-order valence-electron chi connectivity index (χ3n) is 4.85. The monoisotopic (exact) mass is 415 g/mol. The lowest BCUT2D eigenvalue weighted by molar-refractivity contribution is -0.135. The Bertz CT molecular complexity index is 702. The summed E-state index contributed by atoms with van der Waals surface area (Å²) in [5.74, 6) is 0.271. The normalized spacial score (nSPS) is 16.7. The second-order valence-electron chi connectivity index (χ2n) is 9.27. The van der Waals surface area contributed by atoms with Crippen molar-refractivity contribution < 1.29 is 14.3 Å². The maximum atomic E-state index is 13.1. The number of carbonyl (C=O) groups is 2. The minimum atomic E-state index is -0.589. The van der Waals surface area contributed by atoms with Crippen LogP contribution in [-0.2, 0) is 9.53 Å². The first-order chi connectivity index (χ1) is 14.1. The fourth-order valence-corrected chi connectivity index (χ4v) is 3.42. The molecule has 0 spiro atoms. The number of rotatable bonds is 7. The van der Waals surface area contributed by atoms with E-state index in [-0.39, 0.29) is 5.91 Å². The molecule has 1 saturated heterocycles. The fourth-order valence-electron chi connectivity index (χ4n) is 3.42. The van der Waals surface area contributed by atoms with Gasteiger partial charge in [-0.05, 0) is 38.7 Å². The molecule has 1 aromatic carbocycles. The molecule has 1 N–H and O–H groups in total. The van der Waals surface area contributed by atoms with Crippen molar-refractivity contribution >= 4 is 18.1 Å². The summed E-state index contributed by atoms with van der Waals surface area (Å²) in [6.45, 7) is 13.4. The van der Waals surface area contributed by atoms with Crippen LogP contribution in [-0.4, -0.2) is 66.2 Å². The number of hydrogen-bond donors (Lipinski definition) is 1. The molecule has 1 unspecified atom stereocenters. The van der Waals surface area contributed by atoms with E-state index in [2.05, 4.69) is 34.5 Å². The summed E-state index contributed by atoms with van der Waals surface area (Å²) in [5.41, 5.74) is 0.602. The van der Waals surface area contributed by atoms with Crippen LogP contribution in [0.5, 0.6) is 0 Å². The molecule has 2 amide bonds. The SMILES string of the molecule is CC(C)CC(NC(=O)OC(C)(C)C)C(=O)N1CCN(CC=Cc2ccccc2)CC1. The van der Waals surface area contributed by atoms with Gasteiger partial charge in [-0.15, -0.1) is 0 Å². The number of piperazine rings is 1. The van der Waals surface area contributed by atoms with Crippen molar-refractivity contribution in [2.75, 3.05) is 32.7 Å². The summed E-state index contributed by atoms with van der Waals surface area (Å²) < 4.78 is 5.35. The number of hydrogen-bond acceptors (Lipinski definition) is 4. The van der Waals surface area contributed by atoms with Gasteiger partial charge in [0.2, 0.25) is 5.91 Å². The van der Waals surface area contributed by atoms with Crippen LogP contribution in [0.4, 0.5) is 4.79 Å². The predicted octanol–water partition coefficient (Wildman–Crippen LogP) is 3.78. The molecule has 1 aliphatic heterocycles. The van der Waals surface area contributed by atoms with Crippen LogP contribution < -0.4 is 5.32 Å². The van der Waals surface area contributed by atoms with E-state index in [1.54, 1.807) is 0 Å². The Labute approximate surface area is 181 Å². The van der Waals surface area contributed by atoms with Gasteiger partial charge in [0.15, 0.2) is 0 Å². The minimum absolute atomic E-state index is 0.0194. The number of alkyl carbamates (subject to hydrolysis) is 1. The fraction of sp³-hybridized carbons (Fsp3) is 0.583. The van der Waals surface area contributed by atoms with Gasteiger partial charge >= 0.3 is 6.09 Å². The quantitative estimate of drug-likeness (QED) is 0.736. The van der Waals surface area contributed by atoms with Crippen molar-refractivity contribution in [3.63, 3.8) is 0 Å². The summed E-state index contributed by atoms with van der Waals surface area (Å²) in [5, 5.41) is 2.79. The molecule has 166 valence electrons. The van der Waals surface area contributed by atoms with E-state index in [4.69, 9.17) is 4.74 Å². The Morgan fingerprint density at radius 2 is 1.73 bits per heavy atom. The average Bonchev–Trinajstić information content (AvgIpc) is 2.66. The van der Waals surface area contributed by atoms with Crippen molar-refractivity contribution in [1.82, 2.24) is 15.1 Å². The highest BCUT2D eigenvalue weighted by atomic mass is 16.6. The summed E-state index contributed by atoms with van der Waals surface area (Å²) in [7, 11) is 0. The molecular weight excluding hydrogens is 378 g/mol. The molecule has 1 fully saturated rings. The van der Waals surface area contributed by atoms with Crippen LogP contribution >= 0.6 is 0 Å². The number of nitrogens with zero attached hydrogens (tertiary/aromatic N) is 2.